The largest absolute Gasteiger partial charge is 0.383 e. The third kappa shape index (κ3) is 3.43. The summed E-state index contributed by atoms with van der Waals surface area (Å²) in [7, 11) is 0. The van der Waals surface area contributed by atoms with Gasteiger partial charge in [0.2, 0.25) is 5.28 Å². The molecule has 7 nitrogen and oxygen atoms in total. The number of nitro groups is 1. The van der Waals surface area contributed by atoms with Crippen LogP contribution in [0.25, 0.3) is 28.1 Å². The van der Waals surface area contributed by atoms with E-state index < -0.39 is 4.92 Å². The molecule has 3 rings (SSSR count). The summed E-state index contributed by atoms with van der Waals surface area (Å²) < 4.78 is 0. The Labute approximate surface area is 159 Å². The van der Waals surface area contributed by atoms with E-state index in [1.54, 1.807) is 6.08 Å². The number of nitrogens with zero attached hydrogens (tertiary/aromatic N) is 4. The third-order valence-corrected chi connectivity index (χ3v) is 4.34. The van der Waals surface area contributed by atoms with Gasteiger partial charge in [0.05, 0.1) is 21.9 Å². The van der Waals surface area contributed by atoms with E-state index in [-0.39, 0.29) is 16.8 Å². The molecule has 0 aliphatic rings. The van der Waals surface area contributed by atoms with E-state index in [4.69, 9.17) is 22.6 Å². The van der Waals surface area contributed by atoms with Crippen LogP contribution in [-0.4, -0.2) is 14.9 Å². The number of nitrogen functional groups attached to an aromatic ring is 1. The maximum atomic E-state index is 11.4. The summed E-state index contributed by atoms with van der Waals surface area (Å²) in [5, 5.41) is 20.5. The van der Waals surface area contributed by atoms with Gasteiger partial charge >= 0.3 is 0 Å². The van der Waals surface area contributed by atoms with Crippen molar-refractivity contribution < 1.29 is 4.92 Å². The second-order valence-electron chi connectivity index (χ2n) is 6.02. The molecule has 3 aromatic rings. The topological polar surface area (TPSA) is 119 Å². The van der Waals surface area contributed by atoms with Gasteiger partial charge in [0, 0.05) is 23.8 Å². The fourth-order valence-electron chi connectivity index (χ4n) is 3.16. The first-order chi connectivity index (χ1) is 12.8. The molecule has 0 spiro atoms. The number of fused-ring (bicyclic) bond motifs is 1. The number of hydrogen-bond donors (Lipinski definition) is 1. The number of halogens is 1. The number of nitro benzene ring substituents is 1. The lowest BCUT2D eigenvalue weighted by molar-refractivity contribution is -0.384. The van der Waals surface area contributed by atoms with Gasteiger partial charge in [-0.25, -0.2) is 9.97 Å². The van der Waals surface area contributed by atoms with Crippen molar-refractivity contribution >= 4 is 40.1 Å². The summed E-state index contributed by atoms with van der Waals surface area (Å²) >= 11 is 5.97. The van der Waals surface area contributed by atoms with E-state index in [9.17, 15) is 10.1 Å². The summed E-state index contributed by atoms with van der Waals surface area (Å²) in [6.07, 6.45) is 3.09. The minimum atomic E-state index is -0.480. The average molecular weight is 380 g/mol. The SMILES string of the molecule is Cc1cc(/C=C/C#N)cc(C)c1-c1cc([N+](=O)[O-])cc2c(N)nc(Cl)nc12. The van der Waals surface area contributed by atoms with E-state index in [2.05, 4.69) is 9.97 Å². The Bertz CT molecular complexity index is 1140. The third-order valence-electron chi connectivity index (χ3n) is 4.17. The number of anilines is 1. The number of benzene rings is 2. The van der Waals surface area contributed by atoms with Gasteiger partial charge in [-0.2, -0.15) is 5.26 Å². The molecule has 0 saturated heterocycles. The Kier molecular flexibility index (Phi) is 4.75. The van der Waals surface area contributed by atoms with Gasteiger partial charge in [-0.15, -0.1) is 0 Å². The van der Waals surface area contributed by atoms with Crippen molar-refractivity contribution in [1.82, 2.24) is 9.97 Å². The van der Waals surface area contributed by atoms with Crippen molar-refractivity contribution in [2.75, 3.05) is 5.73 Å². The predicted octanol–water partition coefficient (Wildman–Crippen LogP) is 4.59. The molecule has 0 fully saturated rings. The van der Waals surface area contributed by atoms with Gasteiger partial charge in [0.1, 0.15) is 5.82 Å². The van der Waals surface area contributed by atoms with Gasteiger partial charge in [0.15, 0.2) is 0 Å². The molecule has 1 heterocycles. The van der Waals surface area contributed by atoms with E-state index in [1.165, 1.54) is 18.2 Å². The van der Waals surface area contributed by atoms with Crippen LogP contribution in [0.3, 0.4) is 0 Å². The summed E-state index contributed by atoms with van der Waals surface area (Å²) in [6, 6.07) is 8.56. The Morgan fingerprint density at radius 1 is 1.22 bits per heavy atom. The standard InChI is InChI=1S/C19H14ClN5O2/c1-10-6-12(4-3-5-21)7-11(2)16(10)14-8-13(25(26)27)9-15-17(14)23-19(20)24-18(15)22/h3-4,6-9H,1-2H3,(H2,22,23,24)/b4-3+. The summed E-state index contributed by atoms with van der Waals surface area (Å²) in [6.45, 7) is 3.78. The van der Waals surface area contributed by atoms with Crippen LogP contribution in [0.2, 0.25) is 5.28 Å². The summed E-state index contributed by atoms with van der Waals surface area (Å²) in [5.74, 6) is 0.0822. The number of hydrogen-bond acceptors (Lipinski definition) is 6. The minimum Gasteiger partial charge on any atom is -0.383 e. The van der Waals surface area contributed by atoms with E-state index >= 15 is 0 Å². The van der Waals surface area contributed by atoms with Crippen LogP contribution in [0.15, 0.2) is 30.3 Å². The lowest BCUT2D eigenvalue weighted by atomic mass is 9.91. The molecule has 134 valence electrons. The van der Waals surface area contributed by atoms with Crippen LogP contribution in [-0.2, 0) is 0 Å². The molecule has 0 aliphatic heterocycles. The Morgan fingerprint density at radius 2 is 1.89 bits per heavy atom. The molecule has 0 amide bonds. The zero-order valence-corrected chi connectivity index (χ0v) is 15.3. The van der Waals surface area contributed by atoms with Crippen LogP contribution < -0.4 is 5.73 Å². The van der Waals surface area contributed by atoms with Gasteiger partial charge in [-0.05, 0) is 53.8 Å². The Balaban J connectivity index is 2.39. The lowest BCUT2D eigenvalue weighted by Crippen LogP contribution is -2.00. The molecule has 0 bridgehead atoms. The fraction of sp³-hybridized carbons (Fsp3) is 0.105. The smallest absolute Gasteiger partial charge is 0.270 e. The van der Waals surface area contributed by atoms with Gasteiger partial charge in [-0.3, -0.25) is 10.1 Å². The normalized spacial score (nSPS) is 11.0. The van der Waals surface area contributed by atoms with Crippen LogP contribution in [0.5, 0.6) is 0 Å². The Morgan fingerprint density at radius 3 is 2.48 bits per heavy atom. The average Bonchev–Trinajstić information content (AvgIpc) is 2.59. The Hall–Kier alpha value is -3.50. The molecule has 0 saturated carbocycles. The molecule has 0 atom stereocenters. The second-order valence-corrected chi connectivity index (χ2v) is 6.35. The monoisotopic (exact) mass is 379 g/mol. The predicted molar refractivity (Wildman–Crippen MR) is 105 cm³/mol. The fourth-order valence-corrected chi connectivity index (χ4v) is 3.33. The number of rotatable bonds is 3. The van der Waals surface area contributed by atoms with E-state index in [0.29, 0.717) is 16.5 Å². The molecular weight excluding hydrogens is 366 g/mol. The van der Waals surface area contributed by atoms with Crippen LogP contribution in [0, 0.1) is 35.3 Å². The summed E-state index contributed by atoms with van der Waals surface area (Å²) in [5.41, 5.74) is 10.2. The molecule has 0 radical (unpaired) electrons. The number of allylic oxidation sites excluding steroid dienone is 1. The van der Waals surface area contributed by atoms with Crippen LogP contribution in [0.1, 0.15) is 16.7 Å². The maximum Gasteiger partial charge on any atom is 0.270 e. The first-order valence-electron chi connectivity index (χ1n) is 7.90. The highest BCUT2D eigenvalue weighted by Gasteiger charge is 2.19. The van der Waals surface area contributed by atoms with Crippen molar-refractivity contribution in [1.29, 1.82) is 5.26 Å². The molecule has 2 aromatic carbocycles. The van der Waals surface area contributed by atoms with Crippen molar-refractivity contribution in [3.63, 3.8) is 0 Å². The van der Waals surface area contributed by atoms with Crippen molar-refractivity contribution in [2.24, 2.45) is 0 Å². The number of nitriles is 1. The molecule has 2 N–H and O–H groups in total. The number of nitrogens with two attached hydrogens (primary N) is 1. The highest BCUT2D eigenvalue weighted by molar-refractivity contribution is 6.29. The highest BCUT2D eigenvalue weighted by atomic mass is 35.5. The minimum absolute atomic E-state index is 0.0287. The number of non-ortho nitro benzene ring substituents is 1. The molecule has 0 unspecified atom stereocenters. The van der Waals surface area contributed by atoms with Gasteiger partial charge in [0.25, 0.3) is 5.69 Å². The second kappa shape index (κ2) is 7.02. The first-order valence-corrected chi connectivity index (χ1v) is 8.28. The summed E-state index contributed by atoms with van der Waals surface area (Å²) in [4.78, 5) is 19.1. The highest BCUT2D eigenvalue weighted by Crippen LogP contribution is 2.38. The zero-order chi connectivity index (χ0) is 19.7. The molecular formula is C19H14ClN5O2. The molecule has 8 heteroatoms. The van der Waals surface area contributed by atoms with Gasteiger partial charge < -0.3 is 5.73 Å². The molecule has 0 aliphatic carbocycles. The number of aryl methyl sites for hydroxylation is 2. The van der Waals surface area contributed by atoms with E-state index in [0.717, 1.165) is 22.3 Å². The lowest BCUT2D eigenvalue weighted by Gasteiger charge is -2.14. The van der Waals surface area contributed by atoms with Crippen LogP contribution in [0.4, 0.5) is 11.5 Å². The van der Waals surface area contributed by atoms with Crippen molar-refractivity contribution in [3.8, 4) is 17.2 Å². The van der Waals surface area contributed by atoms with Crippen molar-refractivity contribution in [2.45, 2.75) is 13.8 Å². The number of aromatic nitrogens is 2. The van der Waals surface area contributed by atoms with Gasteiger partial charge in [-0.1, -0.05) is 12.1 Å². The first kappa shape index (κ1) is 18.3. The molecule has 27 heavy (non-hydrogen) atoms. The zero-order valence-electron chi connectivity index (χ0n) is 14.5. The van der Waals surface area contributed by atoms with Crippen LogP contribution >= 0.6 is 11.6 Å². The quantitative estimate of drug-likeness (QED) is 0.307. The van der Waals surface area contributed by atoms with Crippen molar-refractivity contribution in [3.05, 3.63) is 62.4 Å². The van der Waals surface area contributed by atoms with E-state index in [1.807, 2.05) is 32.0 Å². The maximum absolute atomic E-state index is 11.4. The molecule has 1 aromatic heterocycles.